The van der Waals surface area contributed by atoms with Gasteiger partial charge in [0.25, 0.3) is 0 Å². The van der Waals surface area contributed by atoms with E-state index in [1.165, 1.54) is 10.9 Å². The molecule has 0 saturated heterocycles. The van der Waals surface area contributed by atoms with Crippen LogP contribution in [0.4, 0.5) is 5.69 Å². The number of nitrogen functional groups attached to an aromatic ring is 1. The van der Waals surface area contributed by atoms with Gasteiger partial charge in [0.2, 0.25) is 0 Å². The van der Waals surface area contributed by atoms with Crippen LogP contribution in [-0.2, 0) is 0 Å². The molecule has 0 atom stereocenters. The minimum Gasteiger partial charge on any atom is -0.398 e. The lowest BCUT2D eigenvalue weighted by Gasteiger charge is -1.99. The van der Waals surface area contributed by atoms with Gasteiger partial charge < -0.3 is 5.73 Å². The van der Waals surface area contributed by atoms with Gasteiger partial charge in [-0.3, -0.25) is 0 Å². The highest BCUT2D eigenvalue weighted by atomic mass is 32.1. The highest BCUT2D eigenvalue weighted by Crippen LogP contribution is 2.34. The van der Waals surface area contributed by atoms with Crippen molar-refractivity contribution in [1.82, 2.24) is 0 Å². The first-order valence-electron chi connectivity index (χ1n) is 3.65. The SMILES string of the molecule is Cc1csc2c(N)ccc(S)c12. The molecular weight excluding hydrogens is 186 g/mol. The summed E-state index contributed by atoms with van der Waals surface area (Å²) in [5.74, 6) is 0. The lowest BCUT2D eigenvalue weighted by atomic mass is 10.2. The molecule has 1 aromatic carbocycles. The molecule has 1 heterocycles. The Bertz CT molecular complexity index is 431. The summed E-state index contributed by atoms with van der Waals surface area (Å²) in [6.07, 6.45) is 0. The van der Waals surface area contributed by atoms with Gasteiger partial charge in [-0.1, -0.05) is 0 Å². The van der Waals surface area contributed by atoms with Gasteiger partial charge in [0.05, 0.1) is 4.70 Å². The van der Waals surface area contributed by atoms with E-state index >= 15 is 0 Å². The van der Waals surface area contributed by atoms with Crippen LogP contribution >= 0.6 is 24.0 Å². The number of hydrogen-bond donors (Lipinski definition) is 2. The molecule has 0 aliphatic rings. The summed E-state index contributed by atoms with van der Waals surface area (Å²) >= 11 is 6.07. The monoisotopic (exact) mass is 195 g/mol. The molecule has 1 nitrogen and oxygen atoms in total. The van der Waals surface area contributed by atoms with E-state index in [1.807, 2.05) is 12.1 Å². The fraction of sp³-hybridized carbons (Fsp3) is 0.111. The number of hydrogen-bond acceptors (Lipinski definition) is 3. The largest absolute Gasteiger partial charge is 0.398 e. The number of fused-ring (bicyclic) bond motifs is 1. The Morgan fingerprint density at radius 3 is 2.83 bits per heavy atom. The average Bonchev–Trinajstić information content (AvgIpc) is 2.42. The van der Waals surface area contributed by atoms with Gasteiger partial charge in [-0.25, -0.2) is 0 Å². The third-order valence-corrected chi connectivity index (χ3v) is 3.43. The molecule has 2 N–H and O–H groups in total. The molecule has 0 aliphatic carbocycles. The summed E-state index contributed by atoms with van der Waals surface area (Å²) in [7, 11) is 0. The smallest absolute Gasteiger partial charge is 0.0586 e. The van der Waals surface area contributed by atoms with Crippen molar-refractivity contribution in [3.63, 3.8) is 0 Å². The molecule has 3 heteroatoms. The van der Waals surface area contributed by atoms with Gasteiger partial charge in [0.15, 0.2) is 0 Å². The Labute approximate surface area is 80.6 Å². The normalized spacial score (nSPS) is 10.8. The quantitative estimate of drug-likeness (QED) is 0.490. The number of thiophene rings is 1. The minimum absolute atomic E-state index is 0.848. The van der Waals surface area contributed by atoms with Crippen molar-refractivity contribution in [2.24, 2.45) is 0 Å². The van der Waals surface area contributed by atoms with Gasteiger partial charge in [0, 0.05) is 16.0 Å². The van der Waals surface area contributed by atoms with E-state index in [9.17, 15) is 0 Å². The van der Waals surface area contributed by atoms with Crippen LogP contribution in [0.3, 0.4) is 0 Å². The van der Waals surface area contributed by atoms with Gasteiger partial charge in [-0.2, -0.15) is 0 Å². The van der Waals surface area contributed by atoms with E-state index < -0.39 is 0 Å². The molecule has 2 aromatic rings. The van der Waals surface area contributed by atoms with E-state index in [-0.39, 0.29) is 0 Å². The summed E-state index contributed by atoms with van der Waals surface area (Å²) in [6.45, 7) is 2.08. The number of nitrogens with two attached hydrogens (primary N) is 1. The molecular formula is C9H9NS2. The van der Waals surface area contributed by atoms with Crippen LogP contribution < -0.4 is 5.73 Å². The molecule has 0 fully saturated rings. The Balaban J connectivity index is 2.98. The van der Waals surface area contributed by atoms with Gasteiger partial charge in [0.1, 0.15) is 0 Å². The topological polar surface area (TPSA) is 26.0 Å². The van der Waals surface area contributed by atoms with Crippen molar-refractivity contribution in [2.75, 3.05) is 5.73 Å². The first kappa shape index (κ1) is 7.95. The van der Waals surface area contributed by atoms with Crippen molar-refractivity contribution in [3.8, 4) is 0 Å². The second-order valence-corrected chi connectivity index (χ2v) is 4.16. The number of anilines is 1. The predicted molar refractivity (Wildman–Crippen MR) is 58.2 cm³/mol. The van der Waals surface area contributed by atoms with E-state index in [1.54, 1.807) is 11.3 Å². The molecule has 0 saturated carbocycles. The molecule has 12 heavy (non-hydrogen) atoms. The number of aryl methyl sites for hydroxylation is 1. The van der Waals surface area contributed by atoms with Crippen molar-refractivity contribution in [2.45, 2.75) is 11.8 Å². The number of rotatable bonds is 0. The number of thiol groups is 1. The molecule has 0 aliphatic heterocycles. The molecule has 0 amide bonds. The van der Waals surface area contributed by atoms with E-state index in [4.69, 9.17) is 5.73 Å². The van der Waals surface area contributed by atoms with Crippen LogP contribution in [0.15, 0.2) is 22.4 Å². The second-order valence-electron chi connectivity index (χ2n) is 2.80. The third kappa shape index (κ3) is 1.01. The van der Waals surface area contributed by atoms with Crippen LogP contribution in [0.1, 0.15) is 5.56 Å². The van der Waals surface area contributed by atoms with Crippen molar-refractivity contribution in [3.05, 3.63) is 23.1 Å². The predicted octanol–water partition coefficient (Wildman–Crippen LogP) is 3.08. The summed E-state index contributed by atoms with van der Waals surface area (Å²) in [4.78, 5) is 1.01. The highest BCUT2D eigenvalue weighted by molar-refractivity contribution is 7.80. The lowest BCUT2D eigenvalue weighted by molar-refractivity contribution is 1.51. The van der Waals surface area contributed by atoms with E-state index in [0.29, 0.717) is 0 Å². The first-order valence-corrected chi connectivity index (χ1v) is 4.98. The fourth-order valence-corrected chi connectivity index (χ4v) is 2.75. The molecule has 62 valence electrons. The Kier molecular flexibility index (Phi) is 1.77. The second kappa shape index (κ2) is 2.68. The molecule has 2 rings (SSSR count). The average molecular weight is 195 g/mol. The van der Waals surface area contributed by atoms with Gasteiger partial charge in [-0.15, -0.1) is 24.0 Å². The third-order valence-electron chi connectivity index (χ3n) is 1.91. The van der Waals surface area contributed by atoms with Crippen LogP contribution in [0.2, 0.25) is 0 Å². The summed E-state index contributed by atoms with van der Waals surface area (Å²) in [6, 6.07) is 3.85. The zero-order valence-electron chi connectivity index (χ0n) is 6.66. The minimum atomic E-state index is 0.848. The maximum Gasteiger partial charge on any atom is 0.0586 e. The zero-order valence-corrected chi connectivity index (χ0v) is 8.38. The van der Waals surface area contributed by atoms with E-state index in [0.717, 1.165) is 15.3 Å². The van der Waals surface area contributed by atoms with Crippen molar-refractivity contribution < 1.29 is 0 Å². The van der Waals surface area contributed by atoms with Gasteiger partial charge in [-0.05, 0) is 30.0 Å². The molecule has 0 unspecified atom stereocenters. The van der Waals surface area contributed by atoms with Crippen LogP contribution in [0.25, 0.3) is 10.1 Å². The Morgan fingerprint density at radius 2 is 2.17 bits per heavy atom. The standard InChI is InChI=1S/C9H9NS2/c1-5-4-12-9-6(10)2-3-7(11)8(5)9/h2-4,11H,10H2,1H3. The highest BCUT2D eigenvalue weighted by Gasteiger charge is 2.05. The van der Waals surface area contributed by atoms with Crippen LogP contribution in [-0.4, -0.2) is 0 Å². The first-order chi connectivity index (χ1) is 5.70. The maximum atomic E-state index is 5.81. The Hall–Kier alpha value is -0.670. The summed E-state index contributed by atoms with van der Waals surface area (Å²) in [5, 5.41) is 3.31. The van der Waals surface area contributed by atoms with Gasteiger partial charge >= 0.3 is 0 Å². The molecule has 1 aromatic heterocycles. The van der Waals surface area contributed by atoms with E-state index in [2.05, 4.69) is 24.9 Å². The molecule has 0 spiro atoms. The molecule has 0 radical (unpaired) electrons. The summed E-state index contributed by atoms with van der Waals surface area (Å²) in [5.41, 5.74) is 7.92. The lowest BCUT2D eigenvalue weighted by Crippen LogP contribution is -1.84. The Morgan fingerprint density at radius 1 is 1.42 bits per heavy atom. The van der Waals surface area contributed by atoms with Crippen LogP contribution in [0.5, 0.6) is 0 Å². The molecule has 0 bridgehead atoms. The zero-order chi connectivity index (χ0) is 8.72. The van der Waals surface area contributed by atoms with Crippen LogP contribution in [0, 0.1) is 6.92 Å². The number of benzene rings is 1. The van der Waals surface area contributed by atoms with Crippen molar-refractivity contribution >= 4 is 39.7 Å². The van der Waals surface area contributed by atoms with Crippen molar-refractivity contribution in [1.29, 1.82) is 0 Å². The fourth-order valence-electron chi connectivity index (χ4n) is 1.30. The maximum absolute atomic E-state index is 5.81. The summed E-state index contributed by atoms with van der Waals surface area (Å²) < 4.78 is 1.15.